The van der Waals surface area contributed by atoms with E-state index in [2.05, 4.69) is 284 Å². The molecule has 13 aromatic rings. The molecular formula is C79H58. The first kappa shape index (κ1) is 46.0. The Balaban J connectivity index is 0.761. The smallest absolute Gasteiger partial charge is 0.0159 e. The van der Waals surface area contributed by atoms with Gasteiger partial charge in [-0.2, -0.15) is 0 Å². The molecule has 13 aromatic carbocycles. The Kier molecular flexibility index (Phi) is 9.59. The van der Waals surface area contributed by atoms with Crippen LogP contribution in [0, 0.1) is 0 Å². The number of rotatable bonds is 5. The lowest BCUT2D eigenvalue weighted by Crippen LogP contribution is -2.15. The van der Waals surface area contributed by atoms with Gasteiger partial charge < -0.3 is 0 Å². The summed E-state index contributed by atoms with van der Waals surface area (Å²) < 4.78 is 0. The first-order valence-corrected chi connectivity index (χ1v) is 28.2. The largest absolute Gasteiger partial charge is 0.0622 e. The second-order valence-electron chi connectivity index (χ2n) is 24.3. The predicted octanol–water partition coefficient (Wildman–Crippen LogP) is 21.6. The highest BCUT2D eigenvalue weighted by Crippen LogP contribution is 2.56. The zero-order valence-electron chi connectivity index (χ0n) is 45.6. The van der Waals surface area contributed by atoms with Gasteiger partial charge in [-0.15, -0.1) is 0 Å². The number of benzene rings is 13. The molecule has 79 heavy (non-hydrogen) atoms. The lowest BCUT2D eigenvalue weighted by molar-refractivity contribution is 0.660. The summed E-state index contributed by atoms with van der Waals surface area (Å²) in [5.74, 6) is 0. The molecule has 0 unspecified atom stereocenters. The molecule has 0 bridgehead atoms. The standard InChI is InChI=1S/C79H58/c1-77(2)67-31-19-18-22-53(67)54-39-34-50(44-70(54)77)75-63-27-14-16-29-65(63)76(66-30-17-15-28-64(66)75)52-36-41-58-56-38-33-49(43-69(56)79(5,6)72(58)46-52)48-32-37-55-57-40-35-51(45-71(57)78(3,4)68(55)42-48)74-61-25-12-10-23-59(61)73(47-20-8-7-9-21-47)60-24-11-13-26-62(60)74/h7-46H,1-6H3. The summed E-state index contributed by atoms with van der Waals surface area (Å²) in [7, 11) is 0. The van der Waals surface area contributed by atoms with Crippen molar-refractivity contribution < 1.29 is 0 Å². The molecule has 0 saturated heterocycles. The van der Waals surface area contributed by atoms with Crippen molar-refractivity contribution in [3.63, 3.8) is 0 Å². The van der Waals surface area contributed by atoms with Crippen LogP contribution in [0.2, 0.25) is 0 Å². The Morgan fingerprint density at radius 2 is 0.405 bits per heavy atom. The van der Waals surface area contributed by atoms with Crippen LogP contribution in [-0.4, -0.2) is 0 Å². The predicted molar refractivity (Wildman–Crippen MR) is 336 cm³/mol. The molecule has 16 rings (SSSR count). The summed E-state index contributed by atoms with van der Waals surface area (Å²) in [4.78, 5) is 0. The average Bonchev–Trinajstić information content (AvgIpc) is 4.20. The summed E-state index contributed by atoms with van der Waals surface area (Å²) in [6.07, 6.45) is 0. The van der Waals surface area contributed by atoms with Gasteiger partial charge in [0.15, 0.2) is 0 Å². The molecule has 0 N–H and O–H groups in total. The lowest BCUT2D eigenvalue weighted by atomic mass is 9.79. The summed E-state index contributed by atoms with van der Waals surface area (Å²) in [6.45, 7) is 14.5. The van der Waals surface area contributed by atoms with Crippen LogP contribution in [0.3, 0.4) is 0 Å². The highest BCUT2D eigenvalue weighted by Gasteiger charge is 2.39. The molecule has 3 aliphatic rings. The fraction of sp³-hybridized carbons (Fsp3) is 0.114. The molecule has 0 amide bonds. The van der Waals surface area contributed by atoms with Crippen molar-refractivity contribution in [3.05, 3.63) is 276 Å². The normalized spacial score (nSPS) is 14.8. The molecule has 0 saturated carbocycles. The van der Waals surface area contributed by atoms with Gasteiger partial charge in [0, 0.05) is 16.2 Å². The quantitative estimate of drug-likeness (QED) is 0.151. The minimum absolute atomic E-state index is 0.0793. The van der Waals surface area contributed by atoms with Crippen LogP contribution in [0.5, 0.6) is 0 Å². The van der Waals surface area contributed by atoms with E-state index in [0.29, 0.717) is 0 Å². The molecule has 0 spiro atoms. The molecule has 0 heteroatoms. The van der Waals surface area contributed by atoms with Gasteiger partial charge in [-0.3, -0.25) is 0 Å². The van der Waals surface area contributed by atoms with Gasteiger partial charge in [0.25, 0.3) is 0 Å². The molecule has 0 aliphatic heterocycles. The van der Waals surface area contributed by atoms with Crippen LogP contribution in [0.25, 0.3) is 132 Å². The van der Waals surface area contributed by atoms with E-state index in [1.54, 1.807) is 0 Å². The van der Waals surface area contributed by atoms with Gasteiger partial charge >= 0.3 is 0 Å². The third-order valence-corrected chi connectivity index (χ3v) is 19.1. The molecule has 0 heterocycles. The van der Waals surface area contributed by atoms with E-state index in [1.807, 2.05) is 0 Å². The molecule has 0 nitrogen and oxygen atoms in total. The SMILES string of the molecule is CC1(C)c2ccccc2-c2ccc(-c3c4ccccc4c(-c4ccc5c(c4)C(C)(C)c4cc(-c6ccc7c(c6)C(C)(C)c6cc(-c8c9ccccc9c(-c9ccccc9)c9ccccc89)ccc6-7)ccc4-5)c4ccccc34)cc21. The molecule has 0 atom stereocenters. The first-order chi connectivity index (χ1) is 38.5. The van der Waals surface area contributed by atoms with E-state index >= 15 is 0 Å². The summed E-state index contributed by atoms with van der Waals surface area (Å²) in [5, 5.41) is 10.3. The highest BCUT2D eigenvalue weighted by molar-refractivity contribution is 6.23. The van der Waals surface area contributed by atoms with Gasteiger partial charge in [0.2, 0.25) is 0 Å². The maximum absolute atomic E-state index is 2.52. The maximum atomic E-state index is 2.52. The van der Waals surface area contributed by atoms with E-state index in [-0.39, 0.29) is 16.2 Å². The fourth-order valence-electron chi connectivity index (χ4n) is 15.1. The third kappa shape index (κ3) is 6.44. The average molecular weight is 1010 g/mol. The van der Waals surface area contributed by atoms with Gasteiger partial charge in [0.1, 0.15) is 0 Å². The highest BCUT2D eigenvalue weighted by atomic mass is 14.4. The first-order valence-electron chi connectivity index (χ1n) is 28.2. The van der Waals surface area contributed by atoms with Crippen molar-refractivity contribution in [1.82, 2.24) is 0 Å². The minimum atomic E-state index is -0.215. The van der Waals surface area contributed by atoms with Gasteiger partial charge in [-0.25, -0.2) is 0 Å². The Bertz CT molecular complexity index is 4670. The van der Waals surface area contributed by atoms with Gasteiger partial charge in [0.05, 0.1) is 0 Å². The van der Waals surface area contributed by atoms with Crippen LogP contribution in [0.4, 0.5) is 0 Å². The van der Waals surface area contributed by atoms with Crippen LogP contribution in [0.15, 0.2) is 243 Å². The van der Waals surface area contributed by atoms with E-state index in [0.717, 1.165) is 0 Å². The Morgan fingerprint density at radius 3 is 0.734 bits per heavy atom. The monoisotopic (exact) mass is 1010 g/mol. The molecule has 374 valence electrons. The minimum Gasteiger partial charge on any atom is -0.0622 e. The van der Waals surface area contributed by atoms with Crippen LogP contribution < -0.4 is 0 Å². The third-order valence-electron chi connectivity index (χ3n) is 19.1. The van der Waals surface area contributed by atoms with Crippen LogP contribution in [-0.2, 0) is 16.2 Å². The van der Waals surface area contributed by atoms with E-state index in [4.69, 9.17) is 0 Å². The second kappa shape index (κ2) is 16.5. The maximum Gasteiger partial charge on any atom is 0.0159 e. The Labute approximate surface area is 463 Å². The van der Waals surface area contributed by atoms with Crippen molar-refractivity contribution in [1.29, 1.82) is 0 Å². The summed E-state index contributed by atoms with van der Waals surface area (Å²) >= 11 is 0. The van der Waals surface area contributed by atoms with Gasteiger partial charge in [-0.1, -0.05) is 254 Å². The molecule has 3 aliphatic carbocycles. The van der Waals surface area contributed by atoms with Crippen molar-refractivity contribution in [3.8, 4) is 89.0 Å². The second-order valence-corrected chi connectivity index (χ2v) is 24.3. The molecule has 0 fully saturated rings. The Hall–Kier alpha value is -9.10. The zero-order valence-corrected chi connectivity index (χ0v) is 45.6. The van der Waals surface area contributed by atoms with Crippen LogP contribution in [0.1, 0.15) is 74.9 Å². The topological polar surface area (TPSA) is 0 Å². The molecule has 0 aromatic heterocycles. The van der Waals surface area contributed by atoms with E-state index in [1.165, 1.54) is 165 Å². The van der Waals surface area contributed by atoms with Crippen molar-refractivity contribution in [2.75, 3.05) is 0 Å². The van der Waals surface area contributed by atoms with Crippen molar-refractivity contribution in [2.24, 2.45) is 0 Å². The van der Waals surface area contributed by atoms with Crippen molar-refractivity contribution in [2.45, 2.75) is 57.8 Å². The zero-order chi connectivity index (χ0) is 53.1. The summed E-state index contributed by atoms with van der Waals surface area (Å²) in [5.41, 5.74) is 28.7. The number of hydrogen-bond donors (Lipinski definition) is 0. The lowest BCUT2D eigenvalue weighted by Gasteiger charge is -2.24. The number of fused-ring (bicyclic) bond motifs is 13. The van der Waals surface area contributed by atoms with E-state index in [9.17, 15) is 0 Å². The Morgan fingerprint density at radius 1 is 0.177 bits per heavy atom. The fourth-order valence-corrected chi connectivity index (χ4v) is 15.1. The molecule has 0 radical (unpaired) electrons. The van der Waals surface area contributed by atoms with Gasteiger partial charge in [-0.05, 0) is 196 Å². The van der Waals surface area contributed by atoms with Crippen molar-refractivity contribution >= 4 is 43.1 Å². The number of hydrogen-bond acceptors (Lipinski definition) is 0. The summed E-state index contributed by atoms with van der Waals surface area (Å²) in [6, 6.07) is 92.3. The molecular weight excluding hydrogens is 949 g/mol. The van der Waals surface area contributed by atoms with Crippen LogP contribution >= 0.6 is 0 Å². The van der Waals surface area contributed by atoms with E-state index < -0.39 is 0 Å².